The molecule has 1 nitrogen and oxygen atoms in total. The lowest BCUT2D eigenvalue weighted by atomic mass is 9.78. The molecule has 1 fully saturated rings. The van der Waals surface area contributed by atoms with Crippen LogP contribution < -0.4 is 5.32 Å². The van der Waals surface area contributed by atoms with Crippen LogP contribution in [0.3, 0.4) is 0 Å². The molecule has 0 radical (unpaired) electrons. The van der Waals surface area contributed by atoms with Gasteiger partial charge in [0.15, 0.2) is 0 Å². The number of rotatable bonds is 2. The van der Waals surface area contributed by atoms with Crippen LogP contribution in [0.2, 0.25) is 0 Å². The molecule has 114 valence electrons. The molecular formula is C20H23NS. The highest BCUT2D eigenvalue weighted by Crippen LogP contribution is 2.45. The van der Waals surface area contributed by atoms with Gasteiger partial charge in [0, 0.05) is 9.79 Å². The molecule has 2 aromatic rings. The number of para-hydroxylation sites is 1. The van der Waals surface area contributed by atoms with Crippen molar-refractivity contribution < 1.29 is 0 Å². The van der Waals surface area contributed by atoms with Gasteiger partial charge in [-0.3, -0.25) is 0 Å². The fourth-order valence-electron chi connectivity index (χ4n) is 3.85. The third-order valence-corrected chi connectivity index (χ3v) is 6.41. The van der Waals surface area contributed by atoms with Crippen molar-refractivity contribution in [3.8, 4) is 0 Å². The standard InChI is InChI=1S/C20H23NS/c1-14(15-7-3-2-4-8-15)16-11-12-20-18(13-16)21-17-9-5-6-10-19(17)22-20/h5-6,9-15,21H,2-4,7-8H2,1H3. The molecule has 0 amide bonds. The Morgan fingerprint density at radius 1 is 0.955 bits per heavy atom. The number of hydrogen-bond donors (Lipinski definition) is 1. The van der Waals surface area contributed by atoms with Gasteiger partial charge in [-0.1, -0.05) is 56.1 Å². The molecule has 1 unspecified atom stereocenters. The predicted octanol–water partition coefficient (Wildman–Crippen LogP) is 6.58. The van der Waals surface area contributed by atoms with E-state index in [9.17, 15) is 0 Å². The third kappa shape index (κ3) is 2.65. The first kappa shape index (κ1) is 14.2. The minimum Gasteiger partial charge on any atom is -0.354 e. The lowest BCUT2D eigenvalue weighted by molar-refractivity contribution is 0.316. The summed E-state index contributed by atoms with van der Waals surface area (Å²) in [6.07, 6.45) is 7.08. The summed E-state index contributed by atoms with van der Waals surface area (Å²) in [6, 6.07) is 15.6. The van der Waals surface area contributed by atoms with Gasteiger partial charge in [0.1, 0.15) is 0 Å². The third-order valence-electron chi connectivity index (χ3n) is 5.26. The van der Waals surface area contributed by atoms with Crippen molar-refractivity contribution in [3.05, 3.63) is 48.0 Å². The molecule has 1 aliphatic carbocycles. The Morgan fingerprint density at radius 2 is 1.73 bits per heavy atom. The molecule has 2 aliphatic rings. The van der Waals surface area contributed by atoms with Crippen molar-refractivity contribution in [1.29, 1.82) is 0 Å². The van der Waals surface area contributed by atoms with E-state index in [-0.39, 0.29) is 0 Å². The Bertz CT molecular complexity index is 673. The molecule has 22 heavy (non-hydrogen) atoms. The summed E-state index contributed by atoms with van der Waals surface area (Å²) in [4.78, 5) is 2.67. The topological polar surface area (TPSA) is 12.0 Å². The second-order valence-corrected chi connectivity index (χ2v) is 7.75. The number of nitrogens with one attached hydrogen (secondary N) is 1. The smallest absolute Gasteiger partial charge is 0.0529 e. The van der Waals surface area contributed by atoms with E-state index in [0.717, 1.165) is 5.92 Å². The molecule has 0 bridgehead atoms. The average molecular weight is 309 g/mol. The zero-order valence-electron chi connectivity index (χ0n) is 13.1. The predicted molar refractivity (Wildman–Crippen MR) is 95.3 cm³/mol. The Labute approximate surface area is 137 Å². The van der Waals surface area contributed by atoms with E-state index in [1.54, 1.807) is 0 Å². The lowest BCUT2D eigenvalue weighted by Gasteiger charge is -2.29. The van der Waals surface area contributed by atoms with Crippen LogP contribution in [0, 0.1) is 5.92 Å². The molecule has 1 atom stereocenters. The summed E-state index contributed by atoms with van der Waals surface area (Å²) in [5.74, 6) is 1.55. The monoisotopic (exact) mass is 309 g/mol. The van der Waals surface area contributed by atoms with Crippen LogP contribution in [0.25, 0.3) is 0 Å². The zero-order valence-corrected chi connectivity index (χ0v) is 14.0. The highest BCUT2D eigenvalue weighted by molar-refractivity contribution is 7.99. The highest BCUT2D eigenvalue weighted by atomic mass is 32.2. The van der Waals surface area contributed by atoms with Crippen LogP contribution in [0.4, 0.5) is 11.4 Å². The van der Waals surface area contributed by atoms with Crippen LogP contribution in [0.15, 0.2) is 52.3 Å². The van der Waals surface area contributed by atoms with E-state index in [1.165, 1.54) is 58.8 Å². The van der Waals surface area contributed by atoms with Crippen molar-refractivity contribution in [1.82, 2.24) is 0 Å². The summed E-state index contributed by atoms with van der Waals surface area (Å²) in [7, 11) is 0. The number of anilines is 2. The van der Waals surface area contributed by atoms with Crippen LogP contribution in [0.1, 0.15) is 50.5 Å². The van der Waals surface area contributed by atoms with Crippen LogP contribution in [-0.4, -0.2) is 0 Å². The van der Waals surface area contributed by atoms with E-state index < -0.39 is 0 Å². The number of benzene rings is 2. The average Bonchev–Trinajstić information content (AvgIpc) is 2.59. The largest absolute Gasteiger partial charge is 0.354 e. The Kier molecular flexibility index (Phi) is 3.87. The molecule has 2 aromatic carbocycles. The molecule has 4 rings (SSSR count). The minimum absolute atomic E-state index is 0.676. The van der Waals surface area contributed by atoms with Gasteiger partial charge in [0.05, 0.1) is 11.4 Å². The molecule has 1 saturated carbocycles. The molecule has 1 heterocycles. The van der Waals surface area contributed by atoms with Gasteiger partial charge < -0.3 is 5.32 Å². The molecule has 2 heteroatoms. The van der Waals surface area contributed by atoms with Crippen molar-refractivity contribution >= 4 is 23.1 Å². The summed E-state index contributed by atoms with van der Waals surface area (Å²) in [5.41, 5.74) is 4.02. The first-order valence-electron chi connectivity index (χ1n) is 8.49. The van der Waals surface area contributed by atoms with E-state index in [1.807, 2.05) is 11.8 Å². The van der Waals surface area contributed by atoms with Gasteiger partial charge in [-0.05, 0) is 54.5 Å². The maximum atomic E-state index is 3.62. The van der Waals surface area contributed by atoms with Gasteiger partial charge in [-0.2, -0.15) is 0 Å². The van der Waals surface area contributed by atoms with Crippen LogP contribution >= 0.6 is 11.8 Å². The number of fused-ring (bicyclic) bond motifs is 2. The van der Waals surface area contributed by atoms with Gasteiger partial charge in [-0.15, -0.1) is 0 Å². The fourth-order valence-corrected chi connectivity index (χ4v) is 4.81. The highest BCUT2D eigenvalue weighted by Gasteiger charge is 2.23. The minimum atomic E-state index is 0.676. The second kappa shape index (κ2) is 6.00. The first-order chi connectivity index (χ1) is 10.8. The maximum Gasteiger partial charge on any atom is 0.0529 e. The maximum absolute atomic E-state index is 3.62. The fraction of sp³-hybridized carbons (Fsp3) is 0.400. The van der Waals surface area contributed by atoms with Crippen molar-refractivity contribution in [2.45, 2.75) is 54.7 Å². The quantitative estimate of drug-likeness (QED) is 0.574. The van der Waals surface area contributed by atoms with E-state index in [0.29, 0.717) is 5.92 Å². The molecule has 1 aliphatic heterocycles. The Morgan fingerprint density at radius 3 is 2.59 bits per heavy atom. The van der Waals surface area contributed by atoms with Gasteiger partial charge >= 0.3 is 0 Å². The lowest BCUT2D eigenvalue weighted by Crippen LogP contribution is -2.14. The van der Waals surface area contributed by atoms with Gasteiger partial charge in [-0.25, -0.2) is 0 Å². The van der Waals surface area contributed by atoms with Crippen molar-refractivity contribution in [2.75, 3.05) is 5.32 Å². The molecule has 0 saturated heterocycles. The summed E-state index contributed by atoms with van der Waals surface area (Å²) in [6.45, 7) is 2.42. The zero-order chi connectivity index (χ0) is 14.9. The second-order valence-electron chi connectivity index (χ2n) is 6.67. The van der Waals surface area contributed by atoms with E-state index in [4.69, 9.17) is 0 Å². The van der Waals surface area contributed by atoms with E-state index >= 15 is 0 Å². The molecule has 1 N–H and O–H groups in total. The number of hydrogen-bond acceptors (Lipinski definition) is 2. The van der Waals surface area contributed by atoms with Gasteiger partial charge in [0.25, 0.3) is 0 Å². The SMILES string of the molecule is CC(c1ccc2c(c1)Nc1ccccc1S2)C1CCCCC1. The van der Waals surface area contributed by atoms with Crippen LogP contribution in [0.5, 0.6) is 0 Å². The first-order valence-corrected chi connectivity index (χ1v) is 9.31. The Balaban J connectivity index is 1.60. The summed E-state index contributed by atoms with van der Waals surface area (Å²) >= 11 is 1.88. The molecule has 0 aromatic heterocycles. The molecule has 0 spiro atoms. The van der Waals surface area contributed by atoms with Gasteiger partial charge in [0.2, 0.25) is 0 Å². The van der Waals surface area contributed by atoms with E-state index in [2.05, 4.69) is 54.7 Å². The van der Waals surface area contributed by atoms with Crippen molar-refractivity contribution in [2.24, 2.45) is 5.92 Å². The summed E-state index contributed by atoms with van der Waals surface area (Å²) < 4.78 is 0. The molecular weight excluding hydrogens is 286 g/mol. The van der Waals surface area contributed by atoms with Crippen LogP contribution in [-0.2, 0) is 0 Å². The van der Waals surface area contributed by atoms with Crippen molar-refractivity contribution in [3.63, 3.8) is 0 Å². The summed E-state index contributed by atoms with van der Waals surface area (Å²) in [5, 5.41) is 3.62. The Hall–Kier alpha value is -1.41. The normalized spacial score (nSPS) is 19.0.